The first kappa shape index (κ1) is 45.2. The maximum Gasteiger partial charge on any atom is 0.412 e. The van der Waals surface area contributed by atoms with Crippen LogP contribution >= 0.6 is 0 Å². The molecule has 306 valence electrons. The highest BCUT2D eigenvalue weighted by Gasteiger charge is 2.76. The van der Waals surface area contributed by atoms with E-state index < -0.39 is 115 Å². The van der Waals surface area contributed by atoms with Gasteiger partial charge in [0.05, 0.1) is 18.0 Å². The SMILES string of the molecule is CC(=CC(=CC(C)C(F)(F)F)C(C)N(C)C(=O)N1CCC(N2C(C)(O)C(O)(O)N(CC(C)C=O)C(O)(O)C2(O)O)CC1c1ccc(F)cc1C)C(F)(F)F. The molecule has 6 atom stereocenters. The lowest BCUT2D eigenvalue weighted by molar-refractivity contribution is -0.581. The number of aryl methyl sites for hydroxylation is 1. The molecule has 7 N–H and O–H groups in total. The van der Waals surface area contributed by atoms with Gasteiger partial charge in [0.2, 0.25) is 0 Å². The van der Waals surface area contributed by atoms with Crippen molar-refractivity contribution >= 4 is 12.3 Å². The number of aldehydes is 1. The van der Waals surface area contributed by atoms with Gasteiger partial charge in [-0.15, -0.1) is 0 Å². The van der Waals surface area contributed by atoms with Crippen molar-refractivity contribution in [3.63, 3.8) is 0 Å². The zero-order chi connectivity index (χ0) is 41.7. The number of nitrogens with zero attached hydrogens (tertiary/aromatic N) is 4. The molecular weight excluding hydrogens is 741 g/mol. The van der Waals surface area contributed by atoms with Gasteiger partial charge in [-0.1, -0.05) is 26.0 Å². The number of carbonyl (C=O) groups is 2. The normalized spacial score (nSPS) is 27.3. The van der Waals surface area contributed by atoms with E-state index in [4.69, 9.17) is 0 Å². The van der Waals surface area contributed by atoms with Crippen LogP contribution in [0, 0.1) is 24.6 Å². The summed E-state index contributed by atoms with van der Waals surface area (Å²) in [7, 11) is 1.13. The fourth-order valence-electron chi connectivity index (χ4n) is 6.81. The summed E-state index contributed by atoms with van der Waals surface area (Å²) in [5.74, 6) is -15.7. The minimum absolute atomic E-state index is 0.105. The number of likely N-dealkylation sites (N-methyl/N-ethyl adjacent to an activating group) is 1. The van der Waals surface area contributed by atoms with Crippen LogP contribution in [0.1, 0.15) is 64.6 Å². The number of urea groups is 1. The summed E-state index contributed by atoms with van der Waals surface area (Å²) in [6.07, 6.45) is -9.30. The molecule has 2 aliphatic rings. The van der Waals surface area contributed by atoms with E-state index in [0.717, 1.165) is 35.9 Å². The van der Waals surface area contributed by atoms with Crippen molar-refractivity contribution in [3.8, 4) is 0 Å². The number of allylic oxidation sites excluding steroid dienone is 2. The summed E-state index contributed by atoms with van der Waals surface area (Å²) in [6, 6.07) is -1.73. The lowest BCUT2D eigenvalue weighted by atomic mass is 9.85. The molecule has 0 radical (unpaired) electrons. The zero-order valence-corrected chi connectivity index (χ0v) is 30.6. The first-order chi connectivity index (χ1) is 24.3. The Morgan fingerprint density at radius 2 is 1.57 bits per heavy atom. The molecule has 2 amide bonds. The third-order valence-electron chi connectivity index (χ3n) is 10.3. The average molecular weight is 789 g/mol. The summed E-state index contributed by atoms with van der Waals surface area (Å²) in [5.41, 5.74) is -4.48. The van der Waals surface area contributed by atoms with Gasteiger partial charge in [-0.05, 0) is 75.4 Å². The summed E-state index contributed by atoms with van der Waals surface area (Å²) >= 11 is 0. The Kier molecular flexibility index (Phi) is 12.9. The van der Waals surface area contributed by atoms with E-state index in [0.29, 0.717) is 26.0 Å². The highest BCUT2D eigenvalue weighted by Crippen LogP contribution is 2.49. The Balaban J connectivity index is 2.14. The quantitative estimate of drug-likeness (QED) is 0.0844. The number of rotatable bonds is 9. The van der Waals surface area contributed by atoms with E-state index in [-0.39, 0.29) is 27.2 Å². The molecule has 13 nitrogen and oxygen atoms in total. The molecule has 0 bridgehead atoms. The summed E-state index contributed by atoms with van der Waals surface area (Å²) in [6.45, 7) is 4.62. The monoisotopic (exact) mass is 788 g/mol. The smallest absolute Gasteiger partial charge is 0.369 e. The minimum Gasteiger partial charge on any atom is -0.369 e. The summed E-state index contributed by atoms with van der Waals surface area (Å²) < 4.78 is 95.5. The van der Waals surface area contributed by atoms with Gasteiger partial charge in [0.25, 0.3) is 5.91 Å². The predicted octanol–water partition coefficient (Wildman–Crippen LogP) is 2.79. The number of piperazine rings is 1. The number of piperidine rings is 1. The number of carbonyl (C=O) groups excluding carboxylic acids is 2. The maximum atomic E-state index is 14.3. The van der Waals surface area contributed by atoms with Crippen LogP contribution < -0.4 is 0 Å². The molecule has 2 heterocycles. The van der Waals surface area contributed by atoms with E-state index in [1.807, 2.05) is 0 Å². The highest BCUT2D eigenvalue weighted by atomic mass is 19.4. The molecule has 2 aliphatic heterocycles. The molecule has 0 spiro atoms. The predicted molar refractivity (Wildman–Crippen MR) is 175 cm³/mol. The molecule has 3 rings (SSSR count). The third-order valence-corrected chi connectivity index (χ3v) is 10.3. The lowest BCUT2D eigenvalue weighted by Gasteiger charge is -2.65. The topological polar surface area (TPSA) is 189 Å². The van der Waals surface area contributed by atoms with Gasteiger partial charge >= 0.3 is 30.2 Å². The van der Waals surface area contributed by atoms with Crippen LogP contribution in [0.25, 0.3) is 0 Å². The van der Waals surface area contributed by atoms with Crippen molar-refractivity contribution in [3.05, 3.63) is 58.4 Å². The molecule has 2 saturated heterocycles. The van der Waals surface area contributed by atoms with Crippen molar-refractivity contribution in [1.29, 1.82) is 0 Å². The molecule has 0 saturated carbocycles. The van der Waals surface area contributed by atoms with Crippen LogP contribution in [0.3, 0.4) is 0 Å². The van der Waals surface area contributed by atoms with Crippen LogP contribution in [-0.4, -0.2) is 136 Å². The Hall–Kier alpha value is -3.21. The Morgan fingerprint density at radius 3 is 2.07 bits per heavy atom. The first-order valence-corrected chi connectivity index (χ1v) is 16.8. The molecular formula is C34H47F7N4O9. The van der Waals surface area contributed by atoms with Crippen molar-refractivity contribution in [1.82, 2.24) is 19.6 Å². The molecule has 0 aromatic heterocycles. The second-order valence-corrected chi connectivity index (χ2v) is 14.3. The average Bonchev–Trinajstić information content (AvgIpc) is 3.03. The largest absolute Gasteiger partial charge is 0.412 e. The zero-order valence-electron chi connectivity index (χ0n) is 30.6. The molecule has 1 aromatic rings. The number of aliphatic hydroxyl groups is 7. The maximum absolute atomic E-state index is 14.3. The standard InChI is InChI=1S/C34H47F7N4O9/c1-18(17-46)16-44-32(49,50)29(6,48)45(34(53,54)33(44,51)52)25-10-11-43(27(15-25)26-9-8-24(35)12-19(26)2)28(47)42(7)22(5)23(13-20(3)30(36,37)38)14-21(4)31(39,40)41/h8-9,12-14,17-18,20,22,25,27,48-54H,10-11,15-16H2,1-7H3. The minimum atomic E-state index is -4.91. The number of hydrogen-bond donors (Lipinski definition) is 7. The van der Waals surface area contributed by atoms with Crippen molar-refractivity contribution in [2.45, 2.75) is 108 Å². The number of alkyl halides is 6. The molecule has 20 heteroatoms. The molecule has 54 heavy (non-hydrogen) atoms. The number of halogens is 7. The van der Waals surface area contributed by atoms with E-state index in [1.165, 1.54) is 26.8 Å². The molecule has 2 fully saturated rings. The number of benzene rings is 1. The van der Waals surface area contributed by atoms with Crippen molar-refractivity contribution in [2.24, 2.45) is 11.8 Å². The van der Waals surface area contributed by atoms with Crippen molar-refractivity contribution < 1.29 is 76.1 Å². The van der Waals surface area contributed by atoms with Gasteiger partial charge in [0.15, 0.2) is 5.72 Å². The lowest BCUT2D eigenvalue weighted by Crippen LogP contribution is -2.91. The van der Waals surface area contributed by atoms with Gasteiger partial charge < -0.3 is 50.3 Å². The third kappa shape index (κ3) is 8.46. The van der Waals surface area contributed by atoms with Gasteiger partial charge in [0, 0.05) is 37.7 Å². The van der Waals surface area contributed by atoms with E-state index in [2.05, 4.69) is 0 Å². The van der Waals surface area contributed by atoms with Crippen LogP contribution in [0.15, 0.2) is 41.5 Å². The second-order valence-electron chi connectivity index (χ2n) is 14.3. The fourth-order valence-corrected chi connectivity index (χ4v) is 6.81. The van der Waals surface area contributed by atoms with Gasteiger partial charge in [0.1, 0.15) is 12.1 Å². The Labute approximate surface area is 306 Å². The second kappa shape index (κ2) is 15.4. The van der Waals surface area contributed by atoms with Gasteiger partial charge in [-0.25, -0.2) is 14.1 Å². The highest BCUT2D eigenvalue weighted by molar-refractivity contribution is 5.76. The molecule has 0 aliphatic carbocycles. The number of amides is 2. The van der Waals surface area contributed by atoms with Crippen LogP contribution in [0.5, 0.6) is 0 Å². The van der Waals surface area contributed by atoms with Gasteiger partial charge in [-0.2, -0.15) is 31.2 Å². The van der Waals surface area contributed by atoms with E-state index in [9.17, 15) is 76.1 Å². The van der Waals surface area contributed by atoms with Crippen LogP contribution in [0.2, 0.25) is 0 Å². The first-order valence-electron chi connectivity index (χ1n) is 16.8. The Bertz CT molecular complexity index is 1590. The summed E-state index contributed by atoms with van der Waals surface area (Å²) in [4.78, 5) is 27.7. The number of hydrogen-bond acceptors (Lipinski definition) is 11. The van der Waals surface area contributed by atoms with E-state index >= 15 is 0 Å². The Morgan fingerprint density at radius 1 is 1.00 bits per heavy atom. The van der Waals surface area contributed by atoms with E-state index in [1.54, 1.807) is 0 Å². The van der Waals surface area contributed by atoms with Crippen molar-refractivity contribution in [2.75, 3.05) is 20.1 Å². The molecule has 1 aromatic carbocycles. The number of likely N-dealkylation sites (tertiary alicyclic amines) is 1. The van der Waals surface area contributed by atoms with Crippen LogP contribution in [0.4, 0.5) is 35.5 Å². The van der Waals surface area contributed by atoms with Crippen LogP contribution in [-0.2, 0) is 4.79 Å². The fraction of sp³-hybridized carbons (Fsp3) is 0.647. The molecule has 6 unspecified atom stereocenters. The summed E-state index contributed by atoms with van der Waals surface area (Å²) in [5, 5.41) is 78.5. The van der Waals surface area contributed by atoms with Gasteiger partial charge in [-0.3, -0.25) is 0 Å².